The zero-order valence-corrected chi connectivity index (χ0v) is 13.1. The Balaban J connectivity index is 1.86. The summed E-state index contributed by atoms with van der Waals surface area (Å²) in [6.07, 6.45) is 0. The van der Waals surface area contributed by atoms with Crippen molar-refractivity contribution in [3.8, 4) is 0 Å². The van der Waals surface area contributed by atoms with Crippen molar-refractivity contribution in [2.75, 3.05) is 11.9 Å². The molecule has 1 N–H and O–H groups in total. The molecule has 5 heteroatoms. The summed E-state index contributed by atoms with van der Waals surface area (Å²) in [6, 6.07) is 11.8. The Labute approximate surface area is 133 Å². The van der Waals surface area contributed by atoms with Crippen molar-refractivity contribution in [3.63, 3.8) is 0 Å². The van der Waals surface area contributed by atoms with E-state index in [4.69, 9.17) is 4.74 Å². The van der Waals surface area contributed by atoms with Crippen molar-refractivity contribution in [3.05, 3.63) is 53.1 Å². The number of anilines is 2. The molecule has 23 heavy (non-hydrogen) atoms. The Kier molecular flexibility index (Phi) is 3.08. The topological polar surface area (TPSA) is 56.1 Å². The normalized spacial score (nSPS) is 13.7. The first kappa shape index (κ1) is 13.8. The number of benzene rings is 2. The average molecular weight is 307 g/mol. The number of rotatable bonds is 2. The van der Waals surface area contributed by atoms with Crippen LogP contribution in [0.2, 0.25) is 0 Å². The predicted molar refractivity (Wildman–Crippen MR) is 89.2 cm³/mol. The molecule has 1 aliphatic rings. The molecule has 116 valence electrons. The molecular formula is C18H17N3O2. The van der Waals surface area contributed by atoms with Crippen LogP contribution in [-0.2, 0) is 11.3 Å². The van der Waals surface area contributed by atoms with E-state index in [0.717, 1.165) is 28.2 Å². The fourth-order valence-electron chi connectivity index (χ4n) is 3.05. The van der Waals surface area contributed by atoms with Crippen molar-refractivity contribution in [1.82, 2.24) is 9.55 Å². The maximum atomic E-state index is 12.1. The van der Waals surface area contributed by atoms with Crippen LogP contribution in [-0.4, -0.2) is 22.1 Å². The van der Waals surface area contributed by atoms with Gasteiger partial charge in [0.2, 0.25) is 5.95 Å². The molecule has 0 radical (unpaired) electrons. The van der Waals surface area contributed by atoms with Crippen LogP contribution in [0.25, 0.3) is 11.0 Å². The van der Waals surface area contributed by atoms with Gasteiger partial charge >= 0.3 is 5.97 Å². The first-order chi connectivity index (χ1) is 11.1. The van der Waals surface area contributed by atoms with Crippen LogP contribution in [0.3, 0.4) is 0 Å². The van der Waals surface area contributed by atoms with E-state index in [0.29, 0.717) is 18.7 Å². The highest BCUT2D eigenvalue weighted by Gasteiger charge is 2.22. The number of ether oxygens (including phenoxy) is 1. The molecule has 0 unspecified atom stereocenters. The summed E-state index contributed by atoms with van der Waals surface area (Å²) in [5.41, 5.74) is 5.60. The van der Waals surface area contributed by atoms with Crippen molar-refractivity contribution in [2.24, 2.45) is 0 Å². The van der Waals surface area contributed by atoms with E-state index < -0.39 is 0 Å². The molecule has 1 aromatic heterocycles. The Morgan fingerprint density at radius 1 is 1.22 bits per heavy atom. The number of hydrogen-bond donors (Lipinski definition) is 1. The van der Waals surface area contributed by atoms with Gasteiger partial charge in [0, 0.05) is 5.69 Å². The number of carbonyl (C=O) groups is 1. The Morgan fingerprint density at radius 2 is 2.09 bits per heavy atom. The number of aryl methyl sites for hydroxylation is 2. The van der Waals surface area contributed by atoms with Crippen molar-refractivity contribution in [2.45, 2.75) is 20.4 Å². The van der Waals surface area contributed by atoms with E-state index in [1.807, 2.05) is 16.7 Å². The highest BCUT2D eigenvalue weighted by molar-refractivity contribution is 6.03. The zero-order chi connectivity index (χ0) is 16.0. The Morgan fingerprint density at radius 3 is 2.91 bits per heavy atom. The summed E-state index contributed by atoms with van der Waals surface area (Å²) >= 11 is 0. The van der Waals surface area contributed by atoms with E-state index >= 15 is 0 Å². The number of nitrogens with zero attached hydrogens (tertiary/aromatic N) is 2. The van der Waals surface area contributed by atoms with E-state index in [1.165, 1.54) is 5.56 Å². The van der Waals surface area contributed by atoms with Crippen LogP contribution in [0.4, 0.5) is 11.6 Å². The third-order valence-corrected chi connectivity index (χ3v) is 4.16. The molecule has 2 heterocycles. The lowest BCUT2D eigenvalue weighted by Gasteiger charge is -2.11. The fraction of sp³-hybridized carbons (Fsp3) is 0.222. The third kappa shape index (κ3) is 2.25. The summed E-state index contributed by atoms with van der Waals surface area (Å²) in [6.45, 7) is 5.08. The summed E-state index contributed by atoms with van der Waals surface area (Å²) in [5.74, 6) is 0.449. The average Bonchev–Trinajstić information content (AvgIpc) is 2.77. The second-order valence-electron chi connectivity index (χ2n) is 5.84. The third-order valence-electron chi connectivity index (χ3n) is 4.16. The molecule has 0 fully saturated rings. The van der Waals surface area contributed by atoms with Gasteiger partial charge in [-0.3, -0.25) is 0 Å². The highest BCUT2D eigenvalue weighted by Crippen LogP contribution is 2.28. The minimum absolute atomic E-state index is 0.285. The summed E-state index contributed by atoms with van der Waals surface area (Å²) in [4.78, 5) is 16.7. The van der Waals surface area contributed by atoms with Gasteiger partial charge in [-0.05, 0) is 37.6 Å². The van der Waals surface area contributed by atoms with E-state index in [2.05, 4.69) is 42.3 Å². The van der Waals surface area contributed by atoms with Gasteiger partial charge in [0.05, 0.1) is 23.1 Å². The molecule has 2 aromatic carbocycles. The SMILES string of the molecule is Cc1ccc(Nc2nc3cccc4c3n2CCOC4=O)c(C)c1. The van der Waals surface area contributed by atoms with Gasteiger partial charge in [0.25, 0.3) is 0 Å². The minimum Gasteiger partial charge on any atom is -0.460 e. The number of imidazole rings is 1. The lowest BCUT2D eigenvalue weighted by molar-refractivity contribution is 0.0506. The fourth-order valence-corrected chi connectivity index (χ4v) is 3.05. The van der Waals surface area contributed by atoms with Gasteiger partial charge in [-0.25, -0.2) is 9.78 Å². The molecule has 0 bridgehead atoms. The number of aromatic nitrogens is 2. The summed E-state index contributed by atoms with van der Waals surface area (Å²) in [7, 11) is 0. The number of nitrogens with one attached hydrogen (secondary N) is 1. The molecule has 0 amide bonds. The van der Waals surface area contributed by atoms with Gasteiger partial charge in [-0.1, -0.05) is 23.8 Å². The summed E-state index contributed by atoms with van der Waals surface area (Å²) < 4.78 is 7.29. The molecule has 0 saturated carbocycles. The molecule has 1 aliphatic heterocycles. The molecule has 4 rings (SSSR count). The van der Waals surface area contributed by atoms with E-state index in [1.54, 1.807) is 6.07 Å². The molecule has 0 atom stereocenters. The molecule has 0 spiro atoms. The van der Waals surface area contributed by atoms with Gasteiger partial charge in [-0.15, -0.1) is 0 Å². The van der Waals surface area contributed by atoms with Crippen LogP contribution in [0.5, 0.6) is 0 Å². The van der Waals surface area contributed by atoms with Crippen molar-refractivity contribution >= 4 is 28.6 Å². The molecule has 0 aliphatic carbocycles. The maximum absolute atomic E-state index is 12.1. The second-order valence-corrected chi connectivity index (χ2v) is 5.84. The monoisotopic (exact) mass is 307 g/mol. The zero-order valence-electron chi connectivity index (χ0n) is 13.1. The molecule has 5 nitrogen and oxygen atoms in total. The van der Waals surface area contributed by atoms with Crippen LogP contribution in [0.1, 0.15) is 21.5 Å². The van der Waals surface area contributed by atoms with Crippen LogP contribution in [0, 0.1) is 13.8 Å². The van der Waals surface area contributed by atoms with E-state index in [-0.39, 0.29) is 5.97 Å². The molecule has 0 saturated heterocycles. The maximum Gasteiger partial charge on any atom is 0.340 e. The number of para-hydroxylation sites is 1. The van der Waals surface area contributed by atoms with Crippen molar-refractivity contribution < 1.29 is 9.53 Å². The lowest BCUT2D eigenvalue weighted by Crippen LogP contribution is -2.08. The van der Waals surface area contributed by atoms with Gasteiger partial charge in [-0.2, -0.15) is 0 Å². The largest absolute Gasteiger partial charge is 0.460 e. The molecular weight excluding hydrogens is 290 g/mol. The first-order valence-corrected chi connectivity index (χ1v) is 7.64. The summed E-state index contributed by atoms with van der Waals surface area (Å²) in [5, 5.41) is 3.40. The van der Waals surface area contributed by atoms with Gasteiger partial charge in [0.1, 0.15) is 6.61 Å². The lowest BCUT2D eigenvalue weighted by atomic mass is 10.1. The number of cyclic esters (lactones) is 1. The van der Waals surface area contributed by atoms with Gasteiger partial charge in [0.15, 0.2) is 0 Å². The number of esters is 1. The Hall–Kier alpha value is -2.82. The minimum atomic E-state index is -0.285. The smallest absolute Gasteiger partial charge is 0.340 e. The highest BCUT2D eigenvalue weighted by atomic mass is 16.5. The first-order valence-electron chi connectivity index (χ1n) is 7.64. The van der Waals surface area contributed by atoms with Crippen LogP contribution >= 0.6 is 0 Å². The van der Waals surface area contributed by atoms with Crippen molar-refractivity contribution in [1.29, 1.82) is 0 Å². The number of hydrogen-bond acceptors (Lipinski definition) is 4. The quantitative estimate of drug-likeness (QED) is 0.735. The van der Waals surface area contributed by atoms with Gasteiger partial charge < -0.3 is 14.6 Å². The molecule has 3 aromatic rings. The van der Waals surface area contributed by atoms with Crippen LogP contribution < -0.4 is 5.32 Å². The second kappa shape index (κ2) is 5.12. The van der Waals surface area contributed by atoms with E-state index in [9.17, 15) is 4.79 Å². The Bertz CT molecular complexity index is 927. The predicted octanol–water partition coefficient (Wildman–Crippen LogP) is 3.57. The standard InChI is InChI=1S/C18H17N3O2/c1-11-6-7-14(12(2)10-11)19-18-20-15-5-3-4-13-16(15)21(18)8-9-23-17(13)22/h3-7,10H,8-9H2,1-2H3,(H,19,20). The number of carbonyl (C=O) groups excluding carboxylic acids is 1. The van der Waals surface area contributed by atoms with Crippen LogP contribution in [0.15, 0.2) is 36.4 Å².